The summed E-state index contributed by atoms with van der Waals surface area (Å²) in [6.07, 6.45) is -1.41. The summed E-state index contributed by atoms with van der Waals surface area (Å²) in [7, 11) is -3.08. The lowest BCUT2D eigenvalue weighted by molar-refractivity contribution is 0.122. The zero-order chi connectivity index (χ0) is 9.19. The van der Waals surface area contributed by atoms with Gasteiger partial charge in [0.25, 0.3) is 0 Å². The molecule has 6 heteroatoms. The van der Waals surface area contributed by atoms with Crippen LogP contribution in [0.25, 0.3) is 0 Å². The molecule has 1 unspecified atom stereocenters. The standard InChI is InChI=1S/C6H10O5S/c1-2-12(8,9)4-5-3-10-6(7)11-5/h5H,2-4H2,1H3. The lowest BCUT2D eigenvalue weighted by atomic mass is 10.4. The minimum atomic E-state index is -3.08. The average molecular weight is 194 g/mol. The normalized spacial score (nSPS) is 23.4. The molecule has 0 aromatic carbocycles. The molecule has 0 bridgehead atoms. The molecule has 1 heterocycles. The molecule has 0 N–H and O–H groups in total. The van der Waals surface area contributed by atoms with Gasteiger partial charge in [-0.15, -0.1) is 0 Å². The van der Waals surface area contributed by atoms with Gasteiger partial charge < -0.3 is 9.47 Å². The predicted molar refractivity (Wildman–Crippen MR) is 40.5 cm³/mol. The van der Waals surface area contributed by atoms with Crippen molar-refractivity contribution in [1.82, 2.24) is 0 Å². The summed E-state index contributed by atoms with van der Waals surface area (Å²) in [4.78, 5) is 10.4. The molecule has 5 nitrogen and oxygen atoms in total. The van der Waals surface area contributed by atoms with Crippen LogP contribution in [0.1, 0.15) is 6.92 Å². The first-order chi connectivity index (χ1) is 5.53. The minimum Gasteiger partial charge on any atom is -0.430 e. The summed E-state index contributed by atoms with van der Waals surface area (Å²) < 4.78 is 31.0. The highest BCUT2D eigenvalue weighted by atomic mass is 32.2. The van der Waals surface area contributed by atoms with E-state index in [1.54, 1.807) is 6.92 Å². The molecule has 0 spiro atoms. The van der Waals surface area contributed by atoms with Gasteiger partial charge >= 0.3 is 6.16 Å². The summed E-state index contributed by atoms with van der Waals surface area (Å²) in [6.45, 7) is 1.59. The molecule has 1 rings (SSSR count). The number of hydrogen-bond donors (Lipinski definition) is 0. The van der Waals surface area contributed by atoms with Gasteiger partial charge in [-0.25, -0.2) is 13.2 Å². The summed E-state index contributed by atoms with van der Waals surface area (Å²) in [5, 5.41) is 0. The van der Waals surface area contributed by atoms with Crippen LogP contribution in [0.2, 0.25) is 0 Å². The van der Waals surface area contributed by atoms with Crippen molar-refractivity contribution in [3.05, 3.63) is 0 Å². The van der Waals surface area contributed by atoms with Crippen LogP contribution in [0.3, 0.4) is 0 Å². The maximum absolute atomic E-state index is 11.0. The highest BCUT2D eigenvalue weighted by molar-refractivity contribution is 7.91. The van der Waals surface area contributed by atoms with Crippen LogP contribution in [0.4, 0.5) is 4.79 Å². The SMILES string of the molecule is CCS(=O)(=O)CC1COC(=O)O1. The van der Waals surface area contributed by atoms with Crippen LogP contribution in [0, 0.1) is 0 Å². The fraction of sp³-hybridized carbons (Fsp3) is 0.833. The quantitative estimate of drug-likeness (QED) is 0.589. The molecule has 0 aliphatic carbocycles. The van der Waals surface area contributed by atoms with Crippen molar-refractivity contribution in [2.75, 3.05) is 18.1 Å². The van der Waals surface area contributed by atoms with Gasteiger partial charge in [0.05, 0.1) is 5.75 Å². The average Bonchev–Trinajstić information content (AvgIpc) is 2.35. The Hall–Kier alpha value is -0.780. The van der Waals surface area contributed by atoms with Crippen molar-refractivity contribution < 1.29 is 22.7 Å². The summed E-state index contributed by atoms with van der Waals surface area (Å²) in [6, 6.07) is 0. The largest absolute Gasteiger partial charge is 0.508 e. The Morgan fingerprint density at radius 3 is 2.67 bits per heavy atom. The predicted octanol–water partition coefficient (Wildman–Crippen LogP) is -0.0435. The summed E-state index contributed by atoms with van der Waals surface area (Å²) in [5.74, 6) is -0.0870. The van der Waals surface area contributed by atoms with Crippen molar-refractivity contribution in [2.24, 2.45) is 0 Å². The van der Waals surface area contributed by atoms with Crippen LogP contribution in [0.5, 0.6) is 0 Å². The maximum atomic E-state index is 11.0. The fourth-order valence-corrected chi connectivity index (χ4v) is 1.81. The summed E-state index contributed by atoms with van der Waals surface area (Å²) in [5.41, 5.74) is 0. The van der Waals surface area contributed by atoms with E-state index in [-0.39, 0.29) is 18.1 Å². The van der Waals surface area contributed by atoms with Gasteiger partial charge in [-0.2, -0.15) is 0 Å². The van der Waals surface area contributed by atoms with Crippen LogP contribution in [0.15, 0.2) is 0 Å². The van der Waals surface area contributed by atoms with E-state index in [0.717, 1.165) is 0 Å². The molecule has 1 fully saturated rings. The highest BCUT2D eigenvalue weighted by Gasteiger charge is 2.28. The first kappa shape index (κ1) is 9.31. The monoisotopic (exact) mass is 194 g/mol. The zero-order valence-electron chi connectivity index (χ0n) is 6.65. The lowest BCUT2D eigenvalue weighted by Crippen LogP contribution is -2.24. The Bertz CT molecular complexity index is 268. The Kier molecular flexibility index (Phi) is 2.56. The van der Waals surface area contributed by atoms with Gasteiger partial charge in [0, 0.05) is 5.75 Å². The van der Waals surface area contributed by atoms with Crippen molar-refractivity contribution in [1.29, 1.82) is 0 Å². The molecular formula is C6H10O5S. The van der Waals surface area contributed by atoms with E-state index in [2.05, 4.69) is 9.47 Å². The highest BCUT2D eigenvalue weighted by Crippen LogP contribution is 2.08. The Morgan fingerprint density at radius 2 is 2.25 bits per heavy atom. The van der Waals surface area contributed by atoms with Crippen LogP contribution in [-0.2, 0) is 19.3 Å². The van der Waals surface area contributed by atoms with E-state index in [1.165, 1.54) is 0 Å². The van der Waals surface area contributed by atoms with Crippen LogP contribution >= 0.6 is 0 Å². The zero-order valence-corrected chi connectivity index (χ0v) is 7.46. The van der Waals surface area contributed by atoms with Gasteiger partial charge in [-0.1, -0.05) is 6.92 Å². The molecule has 0 aromatic heterocycles. The van der Waals surface area contributed by atoms with Crippen molar-refractivity contribution in [2.45, 2.75) is 13.0 Å². The second-order valence-electron chi connectivity index (χ2n) is 2.50. The topological polar surface area (TPSA) is 69.7 Å². The van der Waals surface area contributed by atoms with Crippen LogP contribution < -0.4 is 0 Å². The van der Waals surface area contributed by atoms with Crippen LogP contribution in [-0.4, -0.2) is 38.8 Å². The Morgan fingerprint density at radius 1 is 1.58 bits per heavy atom. The Labute approximate surface area is 70.6 Å². The van der Waals surface area contributed by atoms with E-state index in [4.69, 9.17) is 0 Å². The first-order valence-corrected chi connectivity index (χ1v) is 5.39. The maximum Gasteiger partial charge on any atom is 0.508 e. The van der Waals surface area contributed by atoms with E-state index in [0.29, 0.717) is 0 Å². The smallest absolute Gasteiger partial charge is 0.430 e. The second-order valence-corrected chi connectivity index (χ2v) is 4.90. The van der Waals surface area contributed by atoms with Gasteiger partial charge in [0.15, 0.2) is 15.9 Å². The van der Waals surface area contributed by atoms with Crippen molar-refractivity contribution in [3.8, 4) is 0 Å². The molecule has 1 saturated heterocycles. The summed E-state index contributed by atoms with van der Waals surface area (Å²) >= 11 is 0. The van der Waals surface area contributed by atoms with Crippen molar-refractivity contribution >= 4 is 16.0 Å². The third-order valence-corrected chi connectivity index (χ3v) is 3.29. The first-order valence-electron chi connectivity index (χ1n) is 3.57. The lowest BCUT2D eigenvalue weighted by Gasteiger charge is -2.04. The number of hydrogen-bond acceptors (Lipinski definition) is 5. The molecule has 0 saturated carbocycles. The van der Waals surface area contributed by atoms with Gasteiger partial charge in [-0.05, 0) is 0 Å². The van der Waals surface area contributed by atoms with Crippen molar-refractivity contribution in [3.63, 3.8) is 0 Å². The number of sulfone groups is 1. The van der Waals surface area contributed by atoms with Gasteiger partial charge in [0.2, 0.25) is 0 Å². The van der Waals surface area contributed by atoms with E-state index < -0.39 is 22.1 Å². The molecule has 70 valence electrons. The number of cyclic esters (lactones) is 2. The van der Waals surface area contributed by atoms with Gasteiger partial charge in [-0.3, -0.25) is 0 Å². The molecule has 0 aromatic rings. The molecule has 0 radical (unpaired) electrons. The van der Waals surface area contributed by atoms with E-state index in [1.807, 2.05) is 0 Å². The molecular weight excluding hydrogens is 184 g/mol. The molecule has 0 amide bonds. The van der Waals surface area contributed by atoms with E-state index >= 15 is 0 Å². The van der Waals surface area contributed by atoms with Gasteiger partial charge in [0.1, 0.15) is 6.61 Å². The minimum absolute atomic E-state index is 0.0397. The number of ether oxygens (including phenoxy) is 2. The number of rotatable bonds is 3. The third-order valence-electron chi connectivity index (χ3n) is 1.53. The molecule has 12 heavy (non-hydrogen) atoms. The molecule has 1 atom stereocenters. The second kappa shape index (κ2) is 3.30. The fourth-order valence-electron chi connectivity index (χ4n) is 0.848. The molecule has 1 aliphatic heterocycles. The number of carbonyl (C=O) groups excluding carboxylic acids is 1. The number of carbonyl (C=O) groups is 1. The third kappa shape index (κ3) is 2.37. The molecule has 1 aliphatic rings. The van der Waals surface area contributed by atoms with E-state index in [9.17, 15) is 13.2 Å². The Balaban J connectivity index is 2.48.